The van der Waals surface area contributed by atoms with Crippen molar-refractivity contribution in [2.24, 2.45) is 11.8 Å². The van der Waals surface area contributed by atoms with Crippen LogP contribution in [0.15, 0.2) is 48.5 Å². The number of likely N-dealkylation sites (tertiary alicyclic amines) is 1. The van der Waals surface area contributed by atoms with Crippen LogP contribution in [0.4, 0.5) is 5.69 Å². The molecule has 3 amide bonds. The molecule has 38 heavy (non-hydrogen) atoms. The highest BCUT2D eigenvalue weighted by Gasteiger charge is 2.77. The summed E-state index contributed by atoms with van der Waals surface area (Å²) in [5.41, 5.74) is 1.73. The Labute approximate surface area is 223 Å². The number of aliphatic hydroxyl groups excluding tert-OH is 1. The number of aliphatic hydroxyl groups is 1. The number of ether oxygens (including phenoxy) is 1. The fourth-order valence-corrected chi connectivity index (χ4v) is 6.73. The minimum atomic E-state index is -1.07. The summed E-state index contributed by atoms with van der Waals surface area (Å²) in [7, 11) is 0. The molecule has 0 aromatic heterocycles. The molecule has 8 heteroatoms. The molecule has 0 saturated carbocycles. The van der Waals surface area contributed by atoms with Gasteiger partial charge in [0.05, 0.1) is 17.4 Å². The number of aryl methyl sites for hydroxylation is 2. The van der Waals surface area contributed by atoms with Gasteiger partial charge in [-0.1, -0.05) is 42.5 Å². The molecule has 2 aromatic rings. The van der Waals surface area contributed by atoms with Crippen molar-refractivity contribution >= 4 is 23.4 Å². The summed E-state index contributed by atoms with van der Waals surface area (Å²) in [5, 5.41) is 15.4. The van der Waals surface area contributed by atoms with Gasteiger partial charge in [0, 0.05) is 25.4 Å². The second-order valence-corrected chi connectivity index (χ2v) is 11.2. The van der Waals surface area contributed by atoms with Crippen LogP contribution in [0.2, 0.25) is 0 Å². The Balaban J connectivity index is 1.45. The van der Waals surface area contributed by atoms with E-state index in [2.05, 4.69) is 10.6 Å². The number of nitrogens with one attached hydrogen (secondary N) is 2. The van der Waals surface area contributed by atoms with E-state index in [1.807, 2.05) is 69.3 Å². The number of amides is 3. The maximum absolute atomic E-state index is 14.0. The summed E-state index contributed by atoms with van der Waals surface area (Å²) in [6, 6.07) is 14.7. The van der Waals surface area contributed by atoms with Crippen molar-refractivity contribution < 1.29 is 24.2 Å². The molecule has 2 bridgehead atoms. The molecular formula is C30H37N3O5. The molecule has 3 saturated heterocycles. The Kier molecular flexibility index (Phi) is 7.05. The normalized spacial score (nSPS) is 29.4. The zero-order chi connectivity index (χ0) is 27.1. The Morgan fingerprint density at radius 3 is 2.58 bits per heavy atom. The fraction of sp³-hybridized carbons (Fsp3) is 0.500. The van der Waals surface area contributed by atoms with E-state index in [0.29, 0.717) is 44.5 Å². The van der Waals surface area contributed by atoms with Gasteiger partial charge in [0.2, 0.25) is 17.7 Å². The number of anilines is 1. The van der Waals surface area contributed by atoms with Crippen LogP contribution in [0, 0.1) is 25.7 Å². The molecule has 3 heterocycles. The second-order valence-electron chi connectivity index (χ2n) is 11.2. The number of hydrogen-bond donors (Lipinski definition) is 3. The van der Waals surface area contributed by atoms with Crippen LogP contribution in [0.25, 0.3) is 0 Å². The zero-order valence-electron chi connectivity index (χ0n) is 22.3. The van der Waals surface area contributed by atoms with E-state index in [1.54, 1.807) is 4.90 Å². The van der Waals surface area contributed by atoms with Gasteiger partial charge in [-0.15, -0.1) is 0 Å². The number of unbranched alkanes of at least 4 members (excludes halogenated alkanes) is 1. The first-order valence-electron chi connectivity index (χ1n) is 13.5. The van der Waals surface area contributed by atoms with E-state index < -0.39 is 29.1 Å². The van der Waals surface area contributed by atoms with Crippen molar-refractivity contribution in [1.29, 1.82) is 0 Å². The molecule has 0 aliphatic carbocycles. The van der Waals surface area contributed by atoms with Crippen molar-refractivity contribution in [3.05, 3.63) is 65.2 Å². The molecular weight excluding hydrogens is 482 g/mol. The summed E-state index contributed by atoms with van der Waals surface area (Å²) in [6.07, 6.45) is 2.20. The quantitative estimate of drug-likeness (QED) is 0.442. The highest BCUT2D eigenvalue weighted by Crippen LogP contribution is 2.63. The minimum absolute atomic E-state index is 0.00897. The SMILES string of the molecule is Cc1ccc(C)c(NC(=O)C2N(CCCCO)C(=O)[C@@H]3[C@@H](C(=O)NCc4ccccc4)[C@@]4(C)CCC23O4)c1. The topological polar surface area (TPSA) is 108 Å². The van der Waals surface area contributed by atoms with Crippen LogP contribution in [-0.4, -0.2) is 58.1 Å². The van der Waals surface area contributed by atoms with E-state index in [9.17, 15) is 19.5 Å². The second kappa shape index (κ2) is 10.2. The molecule has 3 aliphatic heterocycles. The van der Waals surface area contributed by atoms with Crippen molar-refractivity contribution in [3.63, 3.8) is 0 Å². The van der Waals surface area contributed by atoms with Crippen molar-refractivity contribution in [2.75, 3.05) is 18.5 Å². The van der Waals surface area contributed by atoms with E-state index >= 15 is 0 Å². The number of hydrogen-bond acceptors (Lipinski definition) is 5. The summed E-state index contributed by atoms with van der Waals surface area (Å²) in [4.78, 5) is 43.2. The first-order valence-corrected chi connectivity index (χ1v) is 13.5. The number of fused-ring (bicyclic) bond motifs is 1. The third kappa shape index (κ3) is 4.39. The van der Waals surface area contributed by atoms with Gasteiger partial charge in [-0.25, -0.2) is 0 Å². The van der Waals surface area contributed by atoms with E-state index in [4.69, 9.17) is 4.74 Å². The number of rotatable bonds is 9. The summed E-state index contributed by atoms with van der Waals surface area (Å²) in [6.45, 7) is 6.48. The monoisotopic (exact) mass is 519 g/mol. The summed E-state index contributed by atoms with van der Waals surface area (Å²) < 4.78 is 6.66. The van der Waals surface area contributed by atoms with Gasteiger partial charge >= 0.3 is 0 Å². The lowest BCUT2D eigenvalue weighted by Crippen LogP contribution is -2.53. The van der Waals surface area contributed by atoms with Gasteiger partial charge in [-0.2, -0.15) is 0 Å². The average Bonchev–Trinajstić information content (AvgIpc) is 3.46. The Morgan fingerprint density at radius 2 is 1.84 bits per heavy atom. The summed E-state index contributed by atoms with van der Waals surface area (Å²) >= 11 is 0. The molecule has 5 atom stereocenters. The Bertz CT molecular complexity index is 1230. The smallest absolute Gasteiger partial charge is 0.250 e. The van der Waals surface area contributed by atoms with Crippen molar-refractivity contribution in [3.8, 4) is 0 Å². The van der Waals surface area contributed by atoms with Crippen LogP contribution in [0.3, 0.4) is 0 Å². The van der Waals surface area contributed by atoms with Crippen molar-refractivity contribution in [1.82, 2.24) is 10.2 Å². The number of carbonyl (C=O) groups excluding carboxylic acids is 3. The minimum Gasteiger partial charge on any atom is -0.396 e. The predicted molar refractivity (Wildman–Crippen MR) is 143 cm³/mol. The first kappa shape index (κ1) is 26.4. The lowest BCUT2D eigenvalue weighted by molar-refractivity contribution is -0.144. The van der Waals surface area contributed by atoms with Crippen LogP contribution in [0.1, 0.15) is 49.3 Å². The van der Waals surface area contributed by atoms with Gasteiger partial charge < -0.3 is 25.4 Å². The molecule has 3 aliphatic rings. The lowest BCUT2D eigenvalue weighted by Gasteiger charge is -2.33. The number of benzene rings is 2. The summed E-state index contributed by atoms with van der Waals surface area (Å²) in [5.74, 6) is -2.16. The average molecular weight is 520 g/mol. The molecule has 2 aromatic carbocycles. The molecule has 202 valence electrons. The first-order chi connectivity index (χ1) is 18.2. The molecule has 5 rings (SSSR count). The zero-order valence-corrected chi connectivity index (χ0v) is 22.3. The van der Waals surface area contributed by atoms with Crippen LogP contribution in [0.5, 0.6) is 0 Å². The molecule has 8 nitrogen and oxygen atoms in total. The van der Waals surface area contributed by atoms with Gasteiger partial charge in [-0.3, -0.25) is 14.4 Å². The van der Waals surface area contributed by atoms with E-state index in [0.717, 1.165) is 16.7 Å². The van der Waals surface area contributed by atoms with E-state index in [-0.39, 0.29) is 24.3 Å². The Morgan fingerprint density at radius 1 is 1.08 bits per heavy atom. The van der Waals surface area contributed by atoms with E-state index in [1.165, 1.54) is 0 Å². The van der Waals surface area contributed by atoms with Crippen LogP contribution >= 0.6 is 0 Å². The third-order valence-corrected chi connectivity index (χ3v) is 8.58. The van der Waals surface area contributed by atoms with Gasteiger partial charge in [0.1, 0.15) is 11.6 Å². The highest BCUT2D eigenvalue weighted by molar-refractivity contribution is 6.04. The maximum atomic E-state index is 14.0. The molecule has 2 unspecified atom stereocenters. The number of carbonyl (C=O) groups is 3. The van der Waals surface area contributed by atoms with Crippen LogP contribution in [-0.2, 0) is 25.7 Å². The highest BCUT2D eigenvalue weighted by atomic mass is 16.5. The fourth-order valence-electron chi connectivity index (χ4n) is 6.73. The Hall–Kier alpha value is -3.23. The molecule has 3 N–H and O–H groups in total. The maximum Gasteiger partial charge on any atom is 0.250 e. The van der Waals surface area contributed by atoms with Gasteiger partial charge in [0.25, 0.3) is 0 Å². The number of nitrogens with zero attached hydrogens (tertiary/aromatic N) is 1. The van der Waals surface area contributed by atoms with Crippen LogP contribution < -0.4 is 10.6 Å². The predicted octanol–water partition coefficient (Wildman–Crippen LogP) is 3.10. The van der Waals surface area contributed by atoms with Crippen molar-refractivity contribution in [2.45, 2.75) is 70.2 Å². The van der Waals surface area contributed by atoms with Gasteiger partial charge in [0.15, 0.2) is 0 Å². The largest absolute Gasteiger partial charge is 0.396 e. The lowest BCUT2D eigenvalue weighted by atomic mass is 9.66. The molecule has 1 spiro atoms. The van der Waals surface area contributed by atoms with Gasteiger partial charge in [-0.05, 0) is 69.2 Å². The third-order valence-electron chi connectivity index (χ3n) is 8.58. The standard InChI is InChI=1S/C30H37N3O5/c1-19-11-12-20(2)22(17-19)32-27(36)25-30-14-13-29(3,38-30)23(24(30)28(37)33(25)15-7-8-16-34)26(35)31-18-21-9-5-4-6-10-21/h4-6,9-12,17,23-25,34H,7-8,13-16,18H2,1-3H3,(H,31,35)(H,32,36)/t23-,24-,25?,29+,30?/m0/s1. The molecule has 3 fully saturated rings. The molecule has 0 radical (unpaired) electrons.